The van der Waals surface area contributed by atoms with Crippen LogP contribution in [0.4, 0.5) is 0 Å². The lowest BCUT2D eigenvalue weighted by atomic mass is 10.3. The highest BCUT2D eigenvalue weighted by molar-refractivity contribution is 5.88. The molecule has 0 spiro atoms. The molecule has 0 amide bonds. The summed E-state index contributed by atoms with van der Waals surface area (Å²) >= 11 is 0. The summed E-state index contributed by atoms with van der Waals surface area (Å²) in [7, 11) is 0. The second-order valence-corrected chi connectivity index (χ2v) is 3.56. The zero-order valence-electron chi connectivity index (χ0n) is 8.97. The monoisotopic (exact) mass is 221 g/mol. The number of hydrogen-bond donors (Lipinski definition) is 1. The second kappa shape index (κ2) is 3.80. The molecule has 16 heavy (non-hydrogen) atoms. The van der Waals surface area contributed by atoms with Crippen LogP contribution >= 0.6 is 0 Å². The molecule has 0 aliphatic heterocycles. The molecule has 0 saturated carbocycles. The van der Waals surface area contributed by atoms with Crippen LogP contribution in [0.1, 0.15) is 27.5 Å². The molecule has 0 atom stereocenters. The first-order valence-electron chi connectivity index (χ1n) is 4.76. The van der Waals surface area contributed by atoms with E-state index in [9.17, 15) is 4.79 Å². The molecular formula is C10H11N3O3. The predicted molar refractivity (Wildman–Crippen MR) is 54.3 cm³/mol. The van der Waals surface area contributed by atoms with Gasteiger partial charge < -0.3 is 9.63 Å². The maximum atomic E-state index is 10.8. The van der Waals surface area contributed by atoms with E-state index < -0.39 is 5.97 Å². The molecule has 1 N–H and O–H groups in total. The van der Waals surface area contributed by atoms with Crippen molar-refractivity contribution < 1.29 is 14.4 Å². The second-order valence-electron chi connectivity index (χ2n) is 3.56. The smallest absolute Gasteiger partial charge is 0.339 e. The molecule has 6 nitrogen and oxygen atoms in total. The molecule has 2 aromatic rings. The highest BCUT2D eigenvalue weighted by atomic mass is 16.5. The Morgan fingerprint density at radius 2 is 2.31 bits per heavy atom. The van der Waals surface area contributed by atoms with Gasteiger partial charge in [0.15, 0.2) is 0 Å². The van der Waals surface area contributed by atoms with Crippen molar-refractivity contribution in [2.75, 3.05) is 0 Å². The Morgan fingerprint density at radius 3 is 2.81 bits per heavy atom. The number of nitrogens with zero attached hydrogens (tertiary/aromatic N) is 3. The Morgan fingerprint density at radius 1 is 1.56 bits per heavy atom. The first-order valence-corrected chi connectivity index (χ1v) is 4.76. The van der Waals surface area contributed by atoms with Gasteiger partial charge in [-0.1, -0.05) is 5.16 Å². The third-order valence-electron chi connectivity index (χ3n) is 2.18. The highest BCUT2D eigenvalue weighted by Crippen LogP contribution is 2.08. The van der Waals surface area contributed by atoms with Crippen LogP contribution in [-0.4, -0.2) is 26.0 Å². The van der Waals surface area contributed by atoms with Crippen molar-refractivity contribution in [1.29, 1.82) is 0 Å². The van der Waals surface area contributed by atoms with Gasteiger partial charge in [-0.3, -0.25) is 4.68 Å². The molecule has 0 bridgehead atoms. The highest BCUT2D eigenvalue weighted by Gasteiger charge is 2.12. The van der Waals surface area contributed by atoms with E-state index in [0.717, 1.165) is 11.5 Å². The Bertz CT molecular complexity index is 527. The zero-order valence-corrected chi connectivity index (χ0v) is 8.97. The molecule has 6 heteroatoms. The van der Waals surface area contributed by atoms with E-state index in [4.69, 9.17) is 9.63 Å². The number of carbonyl (C=O) groups is 1. The number of hydrogen-bond acceptors (Lipinski definition) is 4. The third kappa shape index (κ3) is 1.95. The summed E-state index contributed by atoms with van der Waals surface area (Å²) in [6.07, 6.45) is 1.49. The van der Waals surface area contributed by atoms with E-state index >= 15 is 0 Å². The molecule has 2 rings (SSSR count). The first-order chi connectivity index (χ1) is 7.56. The largest absolute Gasteiger partial charge is 0.478 e. The van der Waals surface area contributed by atoms with Crippen molar-refractivity contribution in [1.82, 2.24) is 14.9 Å². The van der Waals surface area contributed by atoms with Crippen LogP contribution in [0.5, 0.6) is 0 Å². The van der Waals surface area contributed by atoms with Crippen LogP contribution in [0, 0.1) is 13.8 Å². The van der Waals surface area contributed by atoms with Gasteiger partial charge in [0.05, 0.1) is 12.2 Å². The van der Waals surface area contributed by atoms with Crippen molar-refractivity contribution in [2.24, 2.45) is 0 Å². The van der Waals surface area contributed by atoms with Gasteiger partial charge in [-0.05, 0) is 13.8 Å². The molecule has 0 aromatic carbocycles. The lowest BCUT2D eigenvalue weighted by Crippen LogP contribution is -2.00. The zero-order chi connectivity index (χ0) is 11.7. The number of carboxylic acids is 1. The fraction of sp³-hybridized carbons (Fsp3) is 0.300. The molecule has 0 radical (unpaired) electrons. The van der Waals surface area contributed by atoms with E-state index in [1.165, 1.54) is 10.9 Å². The van der Waals surface area contributed by atoms with Crippen molar-refractivity contribution in [2.45, 2.75) is 20.4 Å². The molecule has 2 heterocycles. The van der Waals surface area contributed by atoms with Crippen LogP contribution in [0.2, 0.25) is 0 Å². The number of rotatable bonds is 3. The fourth-order valence-electron chi connectivity index (χ4n) is 1.47. The minimum absolute atomic E-state index is 0.209. The normalized spacial score (nSPS) is 10.6. The van der Waals surface area contributed by atoms with Gasteiger partial charge in [0, 0.05) is 12.3 Å². The number of carboxylic acid groups (broad SMARTS) is 1. The van der Waals surface area contributed by atoms with Gasteiger partial charge in [-0.25, -0.2) is 4.79 Å². The number of aryl methyl sites for hydroxylation is 2. The van der Waals surface area contributed by atoms with Gasteiger partial charge in [-0.15, -0.1) is 0 Å². The Hall–Kier alpha value is -2.11. The maximum Gasteiger partial charge on any atom is 0.339 e. The van der Waals surface area contributed by atoms with Crippen LogP contribution in [0.15, 0.2) is 16.8 Å². The van der Waals surface area contributed by atoms with Crippen molar-refractivity contribution in [3.8, 4) is 0 Å². The summed E-state index contributed by atoms with van der Waals surface area (Å²) in [6.45, 7) is 3.87. The SMILES string of the molecule is Cc1cc(Cn2cc(C(=O)O)c(C)n2)no1. The Kier molecular flexibility index (Phi) is 2.47. The summed E-state index contributed by atoms with van der Waals surface area (Å²) in [4.78, 5) is 10.8. The van der Waals surface area contributed by atoms with Crippen molar-refractivity contribution in [3.05, 3.63) is 35.0 Å². The standard InChI is InChI=1S/C10H11N3O3/c1-6-3-8(12-16-6)4-13-5-9(10(14)15)7(2)11-13/h3,5H,4H2,1-2H3,(H,14,15). The summed E-state index contributed by atoms with van der Waals surface area (Å²) in [5.41, 5.74) is 1.42. The van der Waals surface area contributed by atoms with Gasteiger partial charge in [-0.2, -0.15) is 5.10 Å². The lowest BCUT2D eigenvalue weighted by Gasteiger charge is -1.94. The van der Waals surface area contributed by atoms with Gasteiger partial charge in [0.1, 0.15) is 17.0 Å². The molecule has 0 unspecified atom stereocenters. The average molecular weight is 221 g/mol. The Balaban J connectivity index is 2.22. The van der Waals surface area contributed by atoms with E-state index in [0.29, 0.717) is 12.2 Å². The van der Waals surface area contributed by atoms with Crippen LogP contribution in [0.3, 0.4) is 0 Å². The van der Waals surface area contributed by atoms with E-state index in [2.05, 4.69) is 10.3 Å². The molecule has 0 fully saturated rings. The number of aromatic nitrogens is 3. The molecule has 2 aromatic heterocycles. The van der Waals surface area contributed by atoms with Crippen LogP contribution in [0.25, 0.3) is 0 Å². The summed E-state index contributed by atoms with van der Waals surface area (Å²) in [5.74, 6) is -0.252. The first kappa shape index (κ1) is 10.4. The van der Waals surface area contributed by atoms with Crippen LogP contribution < -0.4 is 0 Å². The van der Waals surface area contributed by atoms with Gasteiger partial charge >= 0.3 is 5.97 Å². The van der Waals surface area contributed by atoms with E-state index in [1.807, 2.05) is 0 Å². The topological polar surface area (TPSA) is 81.2 Å². The maximum absolute atomic E-state index is 10.8. The number of aromatic carboxylic acids is 1. The van der Waals surface area contributed by atoms with Gasteiger partial charge in [0.2, 0.25) is 0 Å². The summed E-state index contributed by atoms with van der Waals surface area (Å²) in [5, 5.41) is 16.8. The van der Waals surface area contributed by atoms with E-state index in [-0.39, 0.29) is 5.56 Å². The quantitative estimate of drug-likeness (QED) is 0.843. The molecule has 0 aliphatic carbocycles. The summed E-state index contributed by atoms with van der Waals surface area (Å²) in [6, 6.07) is 1.79. The van der Waals surface area contributed by atoms with Crippen molar-refractivity contribution in [3.63, 3.8) is 0 Å². The fourth-order valence-corrected chi connectivity index (χ4v) is 1.47. The third-order valence-corrected chi connectivity index (χ3v) is 2.18. The van der Waals surface area contributed by atoms with E-state index in [1.54, 1.807) is 19.9 Å². The lowest BCUT2D eigenvalue weighted by molar-refractivity contribution is 0.0696. The molecule has 0 aliphatic rings. The Labute approximate surface area is 91.5 Å². The van der Waals surface area contributed by atoms with Crippen molar-refractivity contribution >= 4 is 5.97 Å². The predicted octanol–water partition coefficient (Wildman–Crippen LogP) is 1.23. The molecular weight excluding hydrogens is 210 g/mol. The average Bonchev–Trinajstić information content (AvgIpc) is 2.73. The minimum atomic E-state index is -0.972. The van der Waals surface area contributed by atoms with Crippen LogP contribution in [-0.2, 0) is 6.54 Å². The summed E-state index contributed by atoms with van der Waals surface area (Å²) < 4.78 is 6.45. The molecule has 0 saturated heterocycles. The molecule has 84 valence electrons. The minimum Gasteiger partial charge on any atom is -0.478 e. The van der Waals surface area contributed by atoms with Gasteiger partial charge in [0.25, 0.3) is 0 Å².